The average molecular weight is 429 g/mol. The molecule has 0 spiro atoms. The van der Waals surface area contributed by atoms with E-state index < -0.39 is 5.60 Å². The Morgan fingerprint density at radius 2 is 1.90 bits per heavy atom. The van der Waals surface area contributed by atoms with Crippen molar-refractivity contribution in [3.8, 4) is 5.69 Å². The minimum absolute atomic E-state index is 0.414. The summed E-state index contributed by atoms with van der Waals surface area (Å²) in [4.78, 5) is 6.99. The van der Waals surface area contributed by atoms with Gasteiger partial charge in [0.2, 0.25) is 0 Å². The van der Waals surface area contributed by atoms with Crippen LogP contribution in [0.15, 0.2) is 35.3 Å². The number of aromatic nitrogens is 2. The van der Waals surface area contributed by atoms with Crippen molar-refractivity contribution in [3.63, 3.8) is 0 Å². The summed E-state index contributed by atoms with van der Waals surface area (Å²) >= 11 is 0. The maximum Gasteiger partial charge on any atom is 0.191 e. The SMILES string of the molecule is CCNC(=NCc1c(C)nn(-c2ccccc2)c1C)NCC(C)(O)CN1CCOCC1. The highest BCUT2D eigenvalue weighted by atomic mass is 16.5. The molecule has 1 atom stereocenters. The van der Waals surface area contributed by atoms with E-state index in [-0.39, 0.29) is 0 Å². The van der Waals surface area contributed by atoms with Gasteiger partial charge in [-0.3, -0.25) is 4.90 Å². The van der Waals surface area contributed by atoms with Gasteiger partial charge in [-0.05, 0) is 39.8 Å². The van der Waals surface area contributed by atoms with Gasteiger partial charge in [0.15, 0.2) is 5.96 Å². The third kappa shape index (κ3) is 6.53. The fourth-order valence-corrected chi connectivity index (χ4v) is 3.80. The zero-order chi connectivity index (χ0) is 22.3. The number of guanidine groups is 1. The molecule has 2 aromatic rings. The Balaban J connectivity index is 1.65. The fourth-order valence-electron chi connectivity index (χ4n) is 3.80. The molecular weight excluding hydrogens is 392 g/mol. The number of para-hydroxylation sites is 1. The van der Waals surface area contributed by atoms with Crippen LogP contribution >= 0.6 is 0 Å². The first-order chi connectivity index (χ1) is 14.9. The highest BCUT2D eigenvalue weighted by Crippen LogP contribution is 2.18. The monoisotopic (exact) mass is 428 g/mol. The van der Waals surface area contributed by atoms with Crippen LogP contribution in [-0.4, -0.2) is 77.3 Å². The number of hydrogen-bond donors (Lipinski definition) is 3. The number of nitrogens with one attached hydrogen (secondary N) is 2. The molecule has 1 saturated heterocycles. The second-order valence-corrected chi connectivity index (χ2v) is 8.33. The first-order valence-electron chi connectivity index (χ1n) is 11.0. The van der Waals surface area contributed by atoms with Crippen LogP contribution in [0, 0.1) is 13.8 Å². The first-order valence-corrected chi connectivity index (χ1v) is 11.0. The van der Waals surface area contributed by atoms with Crippen molar-refractivity contribution in [3.05, 3.63) is 47.3 Å². The Morgan fingerprint density at radius 1 is 1.19 bits per heavy atom. The van der Waals surface area contributed by atoms with Gasteiger partial charge in [-0.25, -0.2) is 9.67 Å². The molecule has 1 aliphatic rings. The largest absolute Gasteiger partial charge is 0.387 e. The van der Waals surface area contributed by atoms with Gasteiger partial charge in [-0.1, -0.05) is 18.2 Å². The van der Waals surface area contributed by atoms with Gasteiger partial charge in [-0.2, -0.15) is 5.10 Å². The number of nitrogens with zero attached hydrogens (tertiary/aromatic N) is 4. The molecule has 1 aromatic heterocycles. The lowest BCUT2D eigenvalue weighted by molar-refractivity contribution is -0.0201. The quantitative estimate of drug-likeness (QED) is 0.438. The van der Waals surface area contributed by atoms with E-state index in [4.69, 9.17) is 14.8 Å². The Kier molecular flexibility index (Phi) is 8.06. The van der Waals surface area contributed by atoms with E-state index in [1.165, 1.54) is 0 Å². The van der Waals surface area contributed by atoms with Gasteiger partial charge in [0, 0.05) is 44.0 Å². The molecule has 2 heterocycles. The van der Waals surface area contributed by atoms with Crippen molar-refractivity contribution in [2.24, 2.45) is 4.99 Å². The molecule has 31 heavy (non-hydrogen) atoms. The van der Waals surface area contributed by atoms with Crippen molar-refractivity contribution in [2.45, 2.75) is 39.8 Å². The standard InChI is InChI=1S/C23H36N6O2/c1-5-24-22(26-16-23(4,30)17-28-11-13-31-14-12-28)25-15-21-18(2)27-29(19(21)3)20-9-7-6-8-10-20/h6-10,30H,5,11-17H2,1-4H3,(H2,24,25,26). The lowest BCUT2D eigenvalue weighted by Crippen LogP contribution is -2.52. The van der Waals surface area contributed by atoms with E-state index in [9.17, 15) is 5.11 Å². The van der Waals surface area contributed by atoms with Gasteiger partial charge in [0.1, 0.15) is 0 Å². The number of ether oxygens (including phenoxy) is 1. The van der Waals surface area contributed by atoms with Crippen molar-refractivity contribution in [1.29, 1.82) is 0 Å². The van der Waals surface area contributed by atoms with Crippen LogP contribution in [0.25, 0.3) is 5.69 Å². The van der Waals surface area contributed by atoms with Gasteiger partial charge >= 0.3 is 0 Å². The van der Waals surface area contributed by atoms with E-state index in [0.717, 1.165) is 55.5 Å². The molecule has 3 N–H and O–H groups in total. The minimum atomic E-state index is -0.864. The molecule has 0 aliphatic carbocycles. The number of aliphatic hydroxyl groups is 1. The van der Waals surface area contributed by atoms with Crippen molar-refractivity contribution in [1.82, 2.24) is 25.3 Å². The van der Waals surface area contributed by atoms with E-state index in [2.05, 4.69) is 34.6 Å². The molecule has 1 aliphatic heterocycles. The predicted molar refractivity (Wildman–Crippen MR) is 124 cm³/mol. The lowest BCUT2D eigenvalue weighted by atomic mass is 10.1. The van der Waals surface area contributed by atoms with Crippen molar-refractivity contribution >= 4 is 5.96 Å². The van der Waals surface area contributed by atoms with E-state index in [1.54, 1.807) is 0 Å². The molecule has 1 unspecified atom stereocenters. The van der Waals surface area contributed by atoms with E-state index in [0.29, 0.717) is 25.6 Å². The minimum Gasteiger partial charge on any atom is -0.387 e. The van der Waals surface area contributed by atoms with Crippen LogP contribution in [-0.2, 0) is 11.3 Å². The smallest absolute Gasteiger partial charge is 0.191 e. The van der Waals surface area contributed by atoms with Crippen molar-refractivity contribution < 1.29 is 9.84 Å². The number of aliphatic imine (C=N–C) groups is 1. The number of morpholine rings is 1. The molecule has 3 rings (SSSR count). The summed E-state index contributed by atoms with van der Waals surface area (Å²) < 4.78 is 7.36. The van der Waals surface area contributed by atoms with Crippen LogP contribution in [0.1, 0.15) is 30.8 Å². The first kappa shape index (κ1) is 23.2. The molecule has 0 amide bonds. The number of aryl methyl sites for hydroxylation is 1. The number of benzene rings is 1. The van der Waals surface area contributed by atoms with Crippen LogP contribution < -0.4 is 10.6 Å². The summed E-state index contributed by atoms with van der Waals surface area (Å²) in [6.07, 6.45) is 0. The van der Waals surface area contributed by atoms with Gasteiger partial charge in [-0.15, -0.1) is 0 Å². The molecule has 0 saturated carbocycles. The van der Waals surface area contributed by atoms with Gasteiger partial charge in [0.25, 0.3) is 0 Å². The summed E-state index contributed by atoms with van der Waals surface area (Å²) in [7, 11) is 0. The Labute approximate surface area is 185 Å². The predicted octanol–water partition coefficient (Wildman–Crippen LogP) is 1.63. The molecule has 170 valence electrons. The van der Waals surface area contributed by atoms with E-state index in [1.807, 2.05) is 43.7 Å². The topological polar surface area (TPSA) is 86.9 Å². The fraction of sp³-hybridized carbons (Fsp3) is 0.565. The average Bonchev–Trinajstić information content (AvgIpc) is 3.05. The Bertz CT molecular complexity index is 856. The number of β-amino-alcohol motifs (C(OH)–C–C–N with tert-alkyl or cyclic N) is 1. The molecule has 8 nitrogen and oxygen atoms in total. The summed E-state index contributed by atoms with van der Waals surface area (Å²) in [5.41, 5.74) is 3.35. The summed E-state index contributed by atoms with van der Waals surface area (Å²) in [5, 5.41) is 22.1. The number of rotatable bonds is 8. The van der Waals surface area contributed by atoms with Gasteiger partial charge < -0.3 is 20.5 Å². The Hall–Kier alpha value is -2.42. The normalized spacial score (nSPS) is 17.4. The zero-order valence-electron chi connectivity index (χ0n) is 19.2. The van der Waals surface area contributed by atoms with Crippen LogP contribution in [0.4, 0.5) is 0 Å². The summed E-state index contributed by atoms with van der Waals surface area (Å²) in [6, 6.07) is 10.1. The summed E-state index contributed by atoms with van der Waals surface area (Å²) in [6.45, 7) is 13.4. The van der Waals surface area contributed by atoms with Crippen LogP contribution in [0.3, 0.4) is 0 Å². The second-order valence-electron chi connectivity index (χ2n) is 8.33. The third-order valence-electron chi connectivity index (χ3n) is 5.49. The number of hydrogen-bond acceptors (Lipinski definition) is 5. The molecule has 0 radical (unpaired) electrons. The Morgan fingerprint density at radius 3 is 2.58 bits per heavy atom. The van der Waals surface area contributed by atoms with Gasteiger partial charge in [0.05, 0.1) is 36.7 Å². The highest BCUT2D eigenvalue weighted by Gasteiger charge is 2.25. The molecule has 0 bridgehead atoms. The lowest BCUT2D eigenvalue weighted by Gasteiger charge is -2.34. The third-order valence-corrected chi connectivity index (χ3v) is 5.49. The van der Waals surface area contributed by atoms with E-state index >= 15 is 0 Å². The zero-order valence-corrected chi connectivity index (χ0v) is 19.2. The second kappa shape index (κ2) is 10.7. The maximum absolute atomic E-state index is 10.8. The van der Waals surface area contributed by atoms with Crippen LogP contribution in [0.5, 0.6) is 0 Å². The molecule has 1 aromatic carbocycles. The molecular formula is C23H36N6O2. The van der Waals surface area contributed by atoms with Crippen molar-refractivity contribution in [2.75, 3.05) is 45.9 Å². The summed E-state index contributed by atoms with van der Waals surface area (Å²) in [5.74, 6) is 0.691. The highest BCUT2D eigenvalue weighted by molar-refractivity contribution is 5.79. The van der Waals surface area contributed by atoms with Crippen LogP contribution in [0.2, 0.25) is 0 Å². The molecule has 1 fully saturated rings. The maximum atomic E-state index is 10.8. The molecule has 8 heteroatoms.